The zero-order valence-corrected chi connectivity index (χ0v) is 20.6. The third kappa shape index (κ3) is 3.39. The van der Waals surface area contributed by atoms with Gasteiger partial charge in [0.2, 0.25) is 5.91 Å². The predicted octanol–water partition coefficient (Wildman–Crippen LogP) is 5.92. The third-order valence-electron chi connectivity index (χ3n) is 8.85. The maximum Gasteiger partial charge on any atom is 0.269 e. The number of nitrogens with zero attached hydrogens (tertiary/aromatic N) is 2. The molecule has 0 saturated heterocycles. The van der Waals surface area contributed by atoms with Crippen LogP contribution in [0.4, 0.5) is 11.4 Å². The van der Waals surface area contributed by atoms with Gasteiger partial charge in [-0.3, -0.25) is 19.7 Å². The number of likely N-dealkylation sites (N-methyl/N-ethyl adjacent to an activating group) is 1. The van der Waals surface area contributed by atoms with Crippen LogP contribution >= 0.6 is 0 Å². The Morgan fingerprint density at radius 1 is 1.03 bits per heavy atom. The molecule has 6 nitrogen and oxygen atoms in total. The van der Waals surface area contributed by atoms with Crippen LogP contribution in [0.5, 0.6) is 0 Å². The molecule has 0 radical (unpaired) electrons. The molecule has 1 aliphatic heterocycles. The summed E-state index contributed by atoms with van der Waals surface area (Å²) in [4.78, 5) is 41.6. The van der Waals surface area contributed by atoms with Crippen LogP contribution < -0.4 is 4.90 Å². The Balaban J connectivity index is 1.59. The number of fused-ring (bicyclic) bond motifs is 4. The first-order chi connectivity index (χ1) is 17.9. The molecule has 1 amide bonds. The highest BCUT2D eigenvalue weighted by molar-refractivity contribution is 6.13. The van der Waals surface area contributed by atoms with Crippen molar-refractivity contribution in [3.05, 3.63) is 112 Å². The van der Waals surface area contributed by atoms with Gasteiger partial charge in [-0.2, -0.15) is 0 Å². The number of carbonyl (C=O) groups excluding carboxylic acids is 2. The lowest BCUT2D eigenvalue weighted by Crippen LogP contribution is -2.49. The lowest BCUT2D eigenvalue weighted by molar-refractivity contribution is -0.384. The number of allylic oxidation sites excluding steroid dienone is 1. The second-order valence-corrected chi connectivity index (χ2v) is 10.5. The first kappa shape index (κ1) is 23.3. The number of benzene rings is 3. The van der Waals surface area contributed by atoms with Crippen molar-refractivity contribution in [2.75, 3.05) is 11.9 Å². The summed E-state index contributed by atoms with van der Waals surface area (Å²) in [5, 5.41) is 11.8. The Bertz CT molecular complexity index is 1420. The van der Waals surface area contributed by atoms with Gasteiger partial charge < -0.3 is 4.90 Å². The minimum absolute atomic E-state index is 0.0510. The lowest BCUT2D eigenvalue weighted by atomic mass is 9.64. The average molecular weight is 493 g/mol. The Kier molecular flexibility index (Phi) is 5.55. The van der Waals surface area contributed by atoms with E-state index in [4.69, 9.17) is 0 Å². The number of rotatable bonds is 5. The fraction of sp³-hybridized carbons (Fsp3) is 0.290. The SMILES string of the molecule is CN1C(=O)C2(c3cc([N+](=O)[O-])ccc31)C1CCCC1C(c1ccccc1)C2C(=O)C=Cc1ccccc1. The van der Waals surface area contributed by atoms with Gasteiger partial charge in [-0.1, -0.05) is 73.2 Å². The van der Waals surface area contributed by atoms with Crippen LogP contribution in [0.15, 0.2) is 84.9 Å². The Morgan fingerprint density at radius 3 is 2.43 bits per heavy atom. The third-order valence-corrected chi connectivity index (χ3v) is 8.85. The van der Waals surface area contributed by atoms with Crippen molar-refractivity contribution < 1.29 is 14.5 Å². The second kappa shape index (κ2) is 8.80. The van der Waals surface area contributed by atoms with Crippen molar-refractivity contribution in [1.82, 2.24) is 0 Å². The molecule has 37 heavy (non-hydrogen) atoms. The number of hydrogen-bond acceptors (Lipinski definition) is 4. The Morgan fingerprint density at radius 2 is 1.73 bits per heavy atom. The number of hydrogen-bond donors (Lipinski definition) is 0. The predicted molar refractivity (Wildman–Crippen MR) is 142 cm³/mol. The standard InChI is InChI=1S/C31H28N2O4/c1-32-26-17-16-22(33(36)37)19-25(26)31(30(32)35)24-14-8-13-23(24)28(21-11-6-3-7-12-21)29(31)27(34)18-15-20-9-4-2-5-10-20/h2-7,9-12,15-19,23-24,28-29H,8,13-14H2,1H3. The van der Waals surface area contributed by atoms with Crippen LogP contribution in [-0.2, 0) is 15.0 Å². The van der Waals surface area contributed by atoms with E-state index in [1.54, 1.807) is 30.2 Å². The smallest absolute Gasteiger partial charge is 0.269 e. The summed E-state index contributed by atoms with van der Waals surface area (Å²) >= 11 is 0. The number of amides is 1. The molecule has 186 valence electrons. The summed E-state index contributed by atoms with van der Waals surface area (Å²) in [6.07, 6.45) is 6.15. The molecule has 6 rings (SSSR count). The number of nitro groups is 1. The summed E-state index contributed by atoms with van der Waals surface area (Å²) in [5.74, 6) is -0.940. The van der Waals surface area contributed by atoms with Gasteiger partial charge in [0.25, 0.3) is 5.69 Å². The normalized spacial score (nSPS) is 28.1. The minimum Gasteiger partial charge on any atom is -0.314 e. The number of non-ortho nitro benzene ring substituents is 1. The fourth-order valence-corrected chi connectivity index (χ4v) is 7.53. The van der Waals surface area contributed by atoms with Crippen molar-refractivity contribution in [3.63, 3.8) is 0 Å². The molecule has 2 fully saturated rings. The van der Waals surface area contributed by atoms with E-state index in [0.717, 1.165) is 30.4 Å². The second-order valence-electron chi connectivity index (χ2n) is 10.5. The molecule has 1 spiro atoms. The first-order valence-electron chi connectivity index (χ1n) is 12.8. The van der Waals surface area contributed by atoms with Gasteiger partial charge in [0.05, 0.1) is 10.3 Å². The first-order valence-corrected chi connectivity index (χ1v) is 12.8. The fourth-order valence-electron chi connectivity index (χ4n) is 7.53. The van der Waals surface area contributed by atoms with Crippen molar-refractivity contribution >= 4 is 29.1 Å². The van der Waals surface area contributed by atoms with E-state index >= 15 is 0 Å². The maximum absolute atomic E-state index is 14.4. The highest BCUT2D eigenvalue weighted by Crippen LogP contribution is 2.68. The van der Waals surface area contributed by atoms with Crippen LogP contribution in [0, 0.1) is 27.9 Å². The van der Waals surface area contributed by atoms with E-state index in [-0.39, 0.29) is 35.1 Å². The molecule has 0 bridgehead atoms. The van der Waals surface area contributed by atoms with Gasteiger partial charge >= 0.3 is 0 Å². The Hall–Kier alpha value is -4.06. The highest BCUT2D eigenvalue weighted by Gasteiger charge is 2.70. The molecule has 3 aliphatic rings. The van der Waals surface area contributed by atoms with E-state index < -0.39 is 16.3 Å². The highest BCUT2D eigenvalue weighted by atomic mass is 16.6. The van der Waals surface area contributed by atoms with Crippen LogP contribution in [0.2, 0.25) is 0 Å². The van der Waals surface area contributed by atoms with E-state index in [1.165, 1.54) is 6.07 Å². The molecular formula is C31H28N2O4. The van der Waals surface area contributed by atoms with Gasteiger partial charge in [-0.15, -0.1) is 0 Å². The molecule has 5 atom stereocenters. The molecule has 0 N–H and O–H groups in total. The molecule has 5 unspecified atom stereocenters. The lowest BCUT2D eigenvalue weighted by Gasteiger charge is -2.35. The van der Waals surface area contributed by atoms with Crippen LogP contribution in [0.1, 0.15) is 41.9 Å². The monoisotopic (exact) mass is 492 g/mol. The van der Waals surface area contributed by atoms with Gasteiger partial charge in [-0.25, -0.2) is 0 Å². The topological polar surface area (TPSA) is 80.5 Å². The summed E-state index contributed by atoms with van der Waals surface area (Å²) < 4.78 is 0. The van der Waals surface area contributed by atoms with Gasteiger partial charge in [0, 0.05) is 30.8 Å². The quantitative estimate of drug-likeness (QED) is 0.251. The zero-order chi connectivity index (χ0) is 25.7. The molecule has 1 heterocycles. The number of ketones is 1. The Labute approximate surface area is 215 Å². The van der Waals surface area contributed by atoms with E-state index in [2.05, 4.69) is 12.1 Å². The number of anilines is 1. The summed E-state index contributed by atoms with van der Waals surface area (Å²) in [6, 6.07) is 24.3. The molecule has 0 aromatic heterocycles. The van der Waals surface area contributed by atoms with Gasteiger partial charge in [0.1, 0.15) is 0 Å². The molecule has 2 saturated carbocycles. The van der Waals surface area contributed by atoms with Crippen molar-refractivity contribution in [3.8, 4) is 0 Å². The van der Waals surface area contributed by atoms with Gasteiger partial charge in [0.15, 0.2) is 5.78 Å². The molecule has 3 aromatic carbocycles. The maximum atomic E-state index is 14.4. The van der Waals surface area contributed by atoms with Gasteiger partial charge in [-0.05, 0) is 59.4 Å². The largest absolute Gasteiger partial charge is 0.314 e. The summed E-state index contributed by atoms with van der Waals surface area (Å²) in [6.45, 7) is 0. The van der Waals surface area contributed by atoms with E-state index in [1.807, 2.05) is 54.6 Å². The van der Waals surface area contributed by atoms with Crippen LogP contribution in [0.3, 0.4) is 0 Å². The van der Waals surface area contributed by atoms with Crippen molar-refractivity contribution in [2.24, 2.45) is 17.8 Å². The van der Waals surface area contributed by atoms with Crippen LogP contribution in [-0.4, -0.2) is 23.7 Å². The molecule has 2 aliphatic carbocycles. The molecule has 3 aromatic rings. The number of carbonyl (C=O) groups is 2. The van der Waals surface area contributed by atoms with Crippen molar-refractivity contribution in [1.29, 1.82) is 0 Å². The van der Waals surface area contributed by atoms with Crippen LogP contribution in [0.25, 0.3) is 6.08 Å². The minimum atomic E-state index is -1.13. The molecular weight excluding hydrogens is 464 g/mol. The summed E-state index contributed by atoms with van der Waals surface area (Å²) in [7, 11) is 1.73. The van der Waals surface area contributed by atoms with E-state index in [9.17, 15) is 19.7 Å². The average Bonchev–Trinajstić information content (AvgIpc) is 3.57. The van der Waals surface area contributed by atoms with E-state index in [0.29, 0.717) is 11.3 Å². The van der Waals surface area contributed by atoms with Crippen molar-refractivity contribution in [2.45, 2.75) is 30.6 Å². The zero-order valence-electron chi connectivity index (χ0n) is 20.6. The summed E-state index contributed by atoms with van der Waals surface area (Å²) in [5.41, 5.74) is 2.08. The number of nitro benzene ring substituents is 1. The molecule has 6 heteroatoms.